The van der Waals surface area contributed by atoms with E-state index in [9.17, 15) is 4.79 Å². The van der Waals surface area contributed by atoms with Crippen molar-refractivity contribution in [3.05, 3.63) is 41.6 Å². The SMILES string of the molecule is Cc1nc(N2CCCC2)nc(C)c1NC(=O)C=Cc1ccco1. The highest BCUT2D eigenvalue weighted by molar-refractivity contribution is 6.02. The molecule has 1 amide bonds. The number of amides is 1. The number of anilines is 2. The molecule has 1 N–H and O–H groups in total. The van der Waals surface area contributed by atoms with Crippen molar-refractivity contribution in [2.24, 2.45) is 0 Å². The van der Waals surface area contributed by atoms with Crippen molar-refractivity contribution in [2.45, 2.75) is 26.7 Å². The van der Waals surface area contributed by atoms with Gasteiger partial charge in [-0.2, -0.15) is 0 Å². The van der Waals surface area contributed by atoms with Crippen LogP contribution in [0.5, 0.6) is 0 Å². The van der Waals surface area contributed by atoms with Crippen LogP contribution in [-0.2, 0) is 4.79 Å². The summed E-state index contributed by atoms with van der Waals surface area (Å²) >= 11 is 0. The predicted molar refractivity (Wildman–Crippen MR) is 89.3 cm³/mol. The molecule has 0 saturated carbocycles. The van der Waals surface area contributed by atoms with Crippen LogP contribution in [0.2, 0.25) is 0 Å². The third-order valence-corrected chi connectivity index (χ3v) is 3.84. The summed E-state index contributed by atoms with van der Waals surface area (Å²) in [7, 11) is 0. The minimum Gasteiger partial charge on any atom is -0.465 e. The van der Waals surface area contributed by atoms with E-state index in [4.69, 9.17) is 4.42 Å². The Hall–Kier alpha value is -2.63. The maximum atomic E-state index is 12.0. The van der Waals surface area contributed by atoms with E-state index < -0.39 is 0 Å². The van der Waals surface area contributed by atoms with Crippen LogP contribution in [-0.4, -0.2) is 29.0 Å². The van der Waals surface area contributed by atoms with Gasteiger partial charge in [0.05, 0.1) is 23.3 Å². The molecule has 6 heteroatoms. The van der Waals surface area contributed by atoms with Crippen LogP contribution in [0.25, 0.3) is 6.08 Å². The Morgan fingerprint density at radius 2 is 1.96 bits per heavy atom. The highest BCUT2D eigenvalue weighted by Crippen LogP contribution is 2.22. The van der Waals surface area contributed by atoms with Crippen LogP contribution >= 0.6 is 0 Å². The molecule has 2 aromatic rings. The number of rotatable bonds is 4. The molecular formula is C17H20N4O2. The minimum absolute atomic E-state index is 0.231. The van der Waals surface area contributed by atoms with Gasteiger partial charge in [0.15, 0.2) is 0 Å². The zero-order chi connectivity index (χ0) is 16.2. The first-order chi connectivity index (χ1) is 11.1. The number of nitrogens with one attached hydrogen (secondary N) is 1. The average molecular weight is 312 g/mol. The molecule has 0 aliphatic carbocycles. The molecular weight excluding hydrogens is 292 g/mol. The quantitative estimate of drug-likeness (QED) is 0.879. The molecule has 120 valence electrons. The van der Waals surface area contributed by atoms with Gasteiger partial charge in [-0.05, 0) is 44.9 Å². The van der Waals surface area contributed by atoms with E-state index in [2.05, 4.69) is 20.2 Å². The lowest BCUT2D eigenvalue weighted by molar-refractivity contribution is -0.111. The molecule has 0 bridgehead atoms. The number of hydrogen-bond acceptors (Lipinski definition) is 5. The van der Waals surface area contributed by atoms with E-state index in [0.29, 0.717) is 11.4 Å². The highest BCUT2D eigenvalue weighted by Gasteiger charge is 2.18. The molecule has 1 aliphatic rings. The molecule has 23 heavy (non-hydrogen) atoms. The van der Waals surface area contributed by atoms with Gasteiger partial charge in [-0.3, -0.25) is 4.79 Å². The fourth-order valence-electron chi connectivity index (χ4n) is 2.65. The number of nitrogens with zero attached hydrogens (tertiary/aromatic N) is 3. The molecule has 3 heterocycles. The lowest BCUT2D eigenvalue weighted by Crippen LogP contribution is -2.22. The Morgan fingerprint density at radius 1 is 1.26 bits per heavy atom. The van der Waals surface area contributed by atoms with Crippen LogP contribution in [0.1, 0.15) is 30.0 Å². The van der Waals surface area contributed by atoms with Gasteiger partial charge in [0.2, 0.25) is 11.9 Å². The molecule has 1 aliphatic heterocycles. The molecule has 6 nitrogen and oxygen atoms in total. The number of hydrogen-bond donors (Lipinski definition) is 1. The number of aryl methyl sites for hydroxylation is 2. The van der Waals surface area contributed by atoms with E-state index in [1.165, 1.54) is 18.9 Å². The van der Waals surface area contributed by atoms with Crippen molar-refractivity contribution in [3.8, 4) is 0 Å². The summed E-state index contributed by atoms with van der Waals surface area (Å²) in [6.07, 6.45) is 6.98. The summed E-state index contributed by atoms with van der Waals surface area (Å²) in [6, 6.07) is 3.56. The first-order valence-corrected chi connectivity index (χ1v) is 7.76. The van der Waals surface area contributed by atoms with Crippen LogP contribution in [0.3, 0.4) is 0 Å². The smallest absolute Gasteiger partial charge is 0.248 e. The second-order valence-electron chi connectivity index (χ2n) is 5.60. The molecule has 0 radical (unpaired) electrons. The zero-order valence-corrected chi connectivity index (χ0v) is 13.4. The summed E-state index contributed by atoms with van der Waals surface area (Å²) in [5.74, 6) is 1.15. The van der Waals surface area contributed by atoms with Crippen molar-refractivity contribution < 1.29 is 9.21 Å². The maximum absolute atomic E-state index is 12.0. The number of carbonyl (C=O) groups excluding carboxylic acids is 1. The molecule has 3 rings (SSSR count). The fourth-order valence-corrected chi connectivity index (χ4v) is 2.65. The van der Waals surface area contributed by atoms with Crippen LogP contribution in [0.4, 0.5) is 11.6 Å². The van der Waals surface area contributed by atoms with Crippen LogP contribution < -0.4 is 10.2 Å². The molecule has 0 aromatic carbocycles. The normalized spacial score (nSPS) is 14.6. The van der Waals surface area contributed by atoms with Crippen LogP contribution in [0, 0.1) is 13.8 Å². The first-order valence-electron chi connectivity index (χ1n) is 7.76. The topological polar surface area (TPSA) is 71.3 Å². The second-order valence-corrected chi connectivity index (χ2v) is 5.60. The lowest BCUT2D eigenvalue weighted by Gasteiger charge is -2.18. The molecule has 0 spiro atoms. The molecule has 0 atom stereocenters. The summed E-state index contributed by atoms with van der Waals surface area (Å²) < 4.78 is 5.16. The van der Waals surface area contributed by atoms with E-state index in [1.807, 2.05) is 13.8 Å². The fraction of sp³-hybridized carbons (Fsp3) is 0.353. The Bertz CT molecular complexity index is 693. The van der Waals surface area contributed by atoms with Crippen molar-refractivity contribution in [1.29, 1.82) is 0 Å². The zero-order valence-electron chi connectivity index (χ0n) is 13.4. The third-order valence-electron chi connectivity index (χ3n) is 3.84. The largest absolute Gasteiger partial charge is 0.465 e. The summed E-state index contributed by atoms with van der Waals surface area (Å²) in [6.45, 7) is 5.77. The molecule has 1 fully saturated rings. The Labute approximate surface area is 135 Å². The van der Waals surface area contributed by atoms with Gasteiger partial charge in [-0.15, -0.1) is 0 Å². The van der Waals surface area contributed by atoms with E-state index >= 15 is 0 Å². The van der Waals surface area contributed by atoms with Gasteiger partial charge in [0, 0.05) is 19.2 Å². The van der Waals surface area contributed by atoms with Gasteiger partial charge < -0.3 is 14.6 Å². The van der Waals surface area contributed by atoms with Gasteiger partial charge in [0.25, 0.3) is 0 Å². The van der Waals surface area contributed by atoms with E-state index in [1.54, 1.807) is 24.5 Å². The Balaban J connectivity index is 1.73. The van der Waals surface area contributed by atoms with Gasteiger partial charge in [-0.1, -0.05) is 0 Å². The first kappa shape index (κ1) is 15.3. The minimum atomic E-state index is -0.231. The highest BCUT2D eigenvalue weighted by atomic mass is 16.3. The van der Waals surface area contributed by atoms with E-state index in [-0.39, 0.29) is 5.91 Å². The molecule has 2 aromatic heterocycles. The maximum Gasteiger partial charge on any atom is 0.248 e. The van der Waals surface area contributed by atoms with Crippen molar-refractivity contribution >= 4 is 23.6 Å². The third kappa shape index (κ3) is 3.59. The number of furan rings is 1. The molecule has 0 unspecified atom stereocenters. The average Bonchev–Trinajstić information content (AvgIpc) is 3.21. The summed E-state index contributed by atoms with van der Waals surface area (Å²) in [5, 5.41) is 2.85. The number of carbonyl (C=O) groups is 1. The van der Waals surface area contributed by atoms with Crippen molar-refractivity contribution in [3.63, 3.8) is 0 Å². The predicted octanol–water partition coefficient (Wildman–Crippen LogP) is 2.94. The van der Waals surface area contributed by atoms with Gasteiger partial charge >= 0.3 is 0 Å². The monoisotopic (exact) mass is 312 g/mol. The standard InChI is InChI=1S/C17H20N4O2/c1-12-16(20-15(22)8-7-14-6-5-11-23-14)13(2)19-17(18-12)21-9-3-4-10-21/h5-8,11H,3-4,9-10H2,1-2H3,(H,20,22). The van der Waals surface area contributed by atoms with Gasteiger partial charge in [0.1, 0.15) is 5.76 Å². The van der Waals surface area contributed by atoms with Crippen molar-refractivity contribution in [2.75, 3.05) is 23.3 Å². The number of aromatic nitrogens is 2. The summed E-state index contributed by atoms with van der Waals surface area (Å²) in [5.41, 5.74) is 2.22. The summed E-state index contributed by atoms with van der Waals surface area (Å²) in [4.78, 5) is 23.3. The van der Waals surface area contributed by atoms with Gasteiger partial charge in [-0.25, -0.2) is 9.97 Å². The van der Waals surface area contributed by atoms with Crippen molar-refractivity contribution in [1.82, 2.24) is 9.97 Å². The second kappa shape index (κ2) is 6.64. The Morgan fingerprint density at radius 3 is 2.57 bits per heavy atom. The van der Waals surface area contributed by atoms with Crippen LogP contribution in [0.15, 0.2) is 28.9 Å². The molecule has 1 saturated heterocycles. The lowest BCUT2D eigenvalue weighted by atomic mass is 10.2. The Kier molecular flexibility index (Phi) is 4.41. The van der Waals surface area contributed by atoms with E-state index in [0.717, 1.165) is 30.4 Å².